The summed E-state index contributed by atoms with van der Waals surface area (Å²) in [5, 5.41) is 2.99. The number of nitrogens with zero attached hydrogens (tertiary/aromatic N) is 3. The van der Waals surface area contributed by atoms with Crippen LogP contribution in [0.1, 0.15) is 0 Å². The molecule has 0 atom stereocenters. The molecule has 6 nitrogen and oxygen atoms in total. The zero-order chi connectivity index (χ0) is 10.5. The molecule has 0 fully saturated rings. The van der Waals surface area contributed by atoms with Gasteiger partial charge >= 0.3 is 0 Å². The lowest BCUT2D eigenvalue weighted by atomic mass is 10.3. The molecule has 0 spiro atoms. The van der Waals surface area contributed by atoms with Crippen LogP contribution in [-0.4, -0.2) is 33.0 Å². The lowest BCUT2D eigenvalue weighted by molar-refractivity contribution is 0.989. The number of imidazole rings is 1. The van der Waals surface area contributed by atoms with Crippen LogP contribution in [0.25, 0.3) is 11.4 Å². The van der Waals surface area contributed by atoms with Crippen LogP contribution >= 0.6 is 0 Å². The summed E-state index contributed by atoms with van der Waals surface area (Å²) in [5.41, 5.74) is 6.21. The average molecular weight is 204 g/mol. The van der Waals surface area contributed by atoms with Crippen molar-refractivity contribution in [2.45, 2.75) is 0 Å². The molecule has 4 N–H and O–H groups in total. The summed E-state index contributed by atoms with van der Waals surface area (Å²) >= 11 is 0. The van der Waals surface area contributed by atoms with Crippen molar-refractivity contribution in [3.8, 4) is 11.4 Å². The van der Waals surface area contributed by atoms with Crippen molar-refractivity contribution < 1.29 is 0 Å². The normalized spacial score (nSPS) is 10.2. The van der Waals surface area contributed by atoms with Crippen LogP contribution < -0.4 is 11.1 Å². The van der Waals surface area contributed by atoms with Gasteiger partial charge in [0, 0.05) is 37.9 Å². The fourth-order valence-electron chi connectivity index (χ4n) is 1.15. The summed E-state index contributed by atoms with van der Waals surface area (Å²) in [4.78, 5) is 15.4. The molecule has 78 valence electrons. The standard InChI is InChI=1S/C9H12N6/c10-1-2-13-9-14-5-7(6-15-9)8-11-3-4-12-8/h3-6H,1-2,10H2,(H,11,12)(H,13,14,15). The monoisotopic (exact) mass is 204 g/mol. The van der Waals surface area contributed by atoms with Gasteiger partial charge in [0.05, 0.1) is 5.56 Å². The van der Waals surface area contributed by atoms with Gasteiger partial charge in [0.2, 0.25) is 5.95 Å². The van der Waals surface area contributed by atoms with Crippen LogP contribution in [0.3, 0.4) is 0 Å². The average Bonchev–Trinajstić information content (AvgIpc) is 2.80. The van der Waals surface area contributed by atoms with Crippen LogP contribution in [0.4, 0.5) is 5.95 Å². The number of aromatic amines is 1. The van der Waals surface area contributed by atoms with Crippen molar-refractivity contribution >= 4 is 5.95 Å². The van der Waals surface area contributed by atoms with E-state index in [9.17, 15) is 0 Å². The molecule has 0 aromatic carbocycles. The van der Waals surface area contributed by atoms with Gasteiger partial charge in [-0.15, -0.1) is 0 Å². The molecular formula is C9H12N6. The lowest BCUT2D eigenvalue weighted by Crippen LogP contribution is -2.14. The maximum atomic E-state index is 5.35. The summed E-state index contributed by atoms with van der Waals surface area (Å²) in [5.74, 6) is 1.34. The second kappa shape index (κ2) is 4.52. The molecule has 2 aromatic heterocycles. The first-order chi connectivity index (χ1) is 7.40. The minimum absolute atomic E-state index is 0.559. The summed E-state index contributed by atoms with van der Waals surface area (Å²) in [6.07, 6.45) is 6.88. The SMILES string of the molecule is NCCNc1ncc(-c2ncc[nH]2)cn1. The quantitative estimate of drug-likeness (QED) is 0.663. The van der Waals surface area contributed by atoms with E-state index in [1.54, 1.807) is 24.8 Å². The summed E-state index contributed by atoms with van der Waals surface area (Å²) in [6.45, 7) is 1.23. The molecule has 6 heteroatoms. The minimum Gasteiger partial charge on any atom is -0.353 e. The number of hydrogen-bond acceptors (Lipinski definition) is 5. The van der Waals surface area contributed by atoms with E-state index in [4.69, 9.17) is 5.73 Å². The third kappa shape index (κ3) is 2.29. The van der Waals surface area contributed by atoms with Gasteiger partial charge in [0.1, 0.15) is 5.82 Å². The van der Waals surface area contributed by atoms with E-state index in [1.165, 1.54) is 0 Å². The summed E-state index contributed by atoms with van der Waals surface area (Å²) in [7, 11) is 0. The highest BCUT2D eigenvalue weighted by Gasteiger charge is 2.00. The van der Waals surface area contributed by atoms with Crippen LogP contribution in [0, 0.1) is 0 Å². The van der Waals surface area contributed by atoms with Gasteiger partial charge in [-0.05, 0) is 0 Å². The Bertz CT molecular complexity index is 393. The van der Waals surface area contributed by atoms with Gasteiger partial charge in [-0.3, -0.25) is 0 Å². The van der Waals surface area contributed by atoms with Crippen molar-refractivity contribution in [3.05, 3.63) is 24.8 Å². The zero-order valence-corrected chi connectivity index (χ0v) is 8.14. The number of aromatic nitrogens is 4. The fraction of sp³-hybridized carbons (Fsp3) is 0.222. The summed E-state index contributed by atoms with van der Waals surface area (Å²) in [6, 6.07) is 0. The maximum absolute atomic E-state index is 5.35. The Morgan fingerprint density at radius 3 is 2.67 bits per heavy atom. The van der Waals surface area contributed by atoms with E-state index < -0.39 is 0 Å². The molecule has 0 aliphatic carbocycles. The van der Waals surface area contributed by atoms with Gasteiger partial charge in [0.25, 0.3) is 0 Å². The Morgan fingerprint density at radius 1 is 1.27 bits per heavy atom. The molecule has 2 aromatic rings. The third-order valence-electron chi connectivity index (χ3n) is 1.85. The third-order valence-corrected chi connectivity index (χ3v) is 1.85. The van der Waals surface area contributed by atoms with E-state index in [1.807, 2.05) is 0 Å². The van der Waals surface area contributed by atoms with Crippen LogP contribution in [-0.2, 0) is 0 Å². The smallest absolute Gasteiger partial charge is 0.222 e. The molecule has 2 heterocycles. The van der Waals surface area contributed by atoms with E-state index >= 15 is 0 Å². The minimum atomic E-state index is 0.559. The van der Waals surface area contributed by atoms with Crippen molar-refractivity contribution in [1.82, 2.24) is 19.9 Å². The molecule has 0 saturated heterocycles. The van der Waals surface area contributed by atoms with Gasteiger partial charge in [-0.1, -0.05) is 0 Å². The highest BCUT2D eigenvalue weighted by atomic mass is 15.1. The molecular weight excluding hydrogens is 192 g/mol. The molecule has 0 amide bonds. The van der Waals surface area contributed by atoms with E-state index in [2.05, 4.69) is 25.3 Å². The zero-order valence-electron chi connectivity index (χ0n) is 8.14. The number of H-pyrrole nitrogens is 1. The largest absolute Gasteiger partial charge is 0.353 e. The molecule has 0 bridgehead atoms. The molecule has 0 aliphatic heterocycles. The van der Waals surface area contributed by atoms with Crippen molar-refractivity contribution in [1.29, 1.82) is 0 Å². The highest BCUT2D eigenvalue weighted by Crippen LogP contribution is 2.11. The predicted octanol–water partition coefficient (Wildman–Crippen LogP) is 0.237. The van der Waals surface area contributed by atoms with Gasteiger partial charge in [0.15, 0.2) is 0 Å². The van der Waals surface area contributed by atoms with E-state index in [0.29, 0.717) is 19.0 Å². The van der Waals surface area contributed by atoms with Gasteiger partial charge < -0.3 is 16.0 Å². The van der Waals surface area contributed by atoms with E-state index in [-0.39, 0.29) is 0 Å². The van der Waals surface area contributed by atoms with Crippen molar-refractivity contribution in [3.63, 3.8) is 0 Å². The van der Waals surface area contributed by atoms with E-state index in [0.717, 1.165) is 11.4 Å². The van der Waals surface area contributed by atoms with Gasteiger partial charge in [-0.2, -0.15) is 0 Å². The second-order valence-electron chi connectivity index (χ2n) is 2.95. The molecule has 0 radical (unpaired) electrons. The number of anilines is 1. The molecule has 0 unspecified atom stereocenters. The second-order valence-corrected chi connectivity index (χ2v) is 2.95. The van der Waals surface area contributed by atoms with Crippen molar-refractivity contribution in [2.24, 2.45) is 5.73 Å². The van der Waals surface area contributed by atoms with Crippen LogP contribution in [0.5, 0.6) is 0 Å². The molecule has 0 saturated carbocycles. The number of nitrogens with one attached hydrogen (secondary N) is 2. The molecule has 2 rings (SSSR count). The van der Waals surface area contributed by atoms with Crippen LogP contribution in [0.15, 0.2) is 24.8 Å². The number of nitrogens with two attached hydrogens (primary N) is 1. The number of hydrogen-bond donors (Lipinski definition) is 3. The predicted molar refractivity (Wildman–Crippen MR) is 57.2 cm³/mol. The Labute approximate surface area is 87.0 Å². The first kappa shape index (κ1) is 9.60. The highest BCUT2D eigenvalue weighted by molar-refractivity contribution is 5.52. The summed E-state index contributed by atoms with van der Waals surface area (Å²) < 4.78 is 0. The van der Waals surface area contributed by atoms with Crippen molar-refractivity contribution in [2.75, 3.05) is 18.4 Å². The Kier molecular flexibility index (Phi) is 2.89. The Morgan fingerprint density at radius 2 is 2.07 bits per heavy atom. The van der Waals surface area contributed by atoms with Crippen LogP contribution in [0.2, 0.25) is 0 Å². The molecule has 15 heavy (non-hydrogen) atoms. The first-order valence-corrected chi connectivity index (χ1v) is 4.66. The Balaban J connectivity index is 2.11. The van der Waals surface area contributed by atoms with Gasteiger partial charge in [-0.25, -0.2) is 15.0 Å². The number of rotatable bonds is 4. The maximum Gasteiger partial charge on any atom is 0.222 e. The fourth-order valence-corrected chi connectivity index (χ4v) is 1.15. The molecule has 0 aliphatic rings. The lowest BCUT2D eigenvalue weighted by Gasteiger charge is -2.02. The Hall–Kier alpha value is -1.95. The topological polar surface area (TPSA) is 92.5 Å². The first-order valence-electron chi connectivity index (χ1n) is 4.66.